The smallest absolute Gasteiger partial charge is 0.309 e. The molecule has 106 valence electrons. The van der Waals surface area contributed by atoms with Gasteiger partial charge in [0.1, 0.15) is 6.10 Å². The lowest BCUT2D eigenvalue weighted by atomic mass is 9.77. The highest BCUT2D eigenvalue weighted by atomic mass is 16.6. The van der Waals surface area contributed by atoms with Crippen molar-refractivity contribution < 1.29 is 19.4 Å². The Kier molecular flexibility index (Phi) is 2.39. The van der Waals surface area contributed by atoms with E-state index in [1.807, 2.05) is 6.92 Å². The van der Waals surface area contributed by atoms with Crippen LogP contribution in [0.15, 0.2) is 0 Å². The molecule has 1 spiro atoms. The molecule has 2 heterocycles. The van der Waals surface area contributed by atoms with Crippen LogP contribution in [0.5, 0.6) is 0 Å². The monoisotopic (exact) mass is 266 g/mol. The molecule has 2 aliphatic heterocycles. The first-order valence-corrected chi connectivity index (χ1v) is 7.56. The quantitative estimate of drug-likeness (QED) is 0.531. The van der Waals surface area contributed by atoms with Crippen molar-refractivity contribution in [2.45, 2.75) is 50.9 Å². The molecule has 19 heavy (non-hydrogen) atoms. The summed E-state index contributed by atoms with van der Waals surface area (Å²) in [5, 5.41) is 10.2. The molecule has 2 saturated heterocycles. The van der Waals surface area contributed by atoms with Crippen LogP contribution in [0, 0.1) is 29.6 Å². The Labute approximate surface area is 113 Å². The summed E-state index contributed by atoms with van der Waals surface area (Å²) in [5.41, 5.74) is -0.00707. The fraction of sp³-hybridized carbons (Fsp3) is 0.933. The molecule has 1 N–H and O–H groups in total. The van der Waals surface area contributed by atoms with Gasteiger partial charge in [-0.1, -0.05) is 13.8 Å². The summed E-state index contributed by atoms with van der Waals surface area (Å²) in [6.45, 7) is 4.92. The average molecular weight is 266 g/mol. The highest BCUT2D eigenvalue weighted by molar-refractivity contribution is 5.75. The second kappa shape index (κ2) is 3.73. The maximum absolute atomic E-state index is 11.9. The van der Waals surface area contributed by atoms with E-state index in [0.29, 0.717) is 11.8 Å². The molecule has 0 aromatic heterocycles. The molecular weight excluding hydrogens is 244 g/mol. The average Bonchev–Trinajstić information content (AvgIpc) is 3.06. The molecule has 8 atom stereocenters. The Morgan fingerprint density at radius 2 is 2.11 bits per heavy atom. The Bertz CT molecular complexity index is 416. The molecule has 1 unspecified atom stereocenters. The number of esters is 1. The van der Waals surface area contributed by atoms with E-state index in [-0.39, 0.29) is 41.5 Å². The van der Waals surface area contributed by atoms with E-state index in [1.165, 1.54) is 0 Å². The van der Waals surface area contributed by atoms with Gasteiger partial charge in [-0.05, 0) is 31.1 Å². The topological polar surface area (TPSA) is 59.1 Å². The molecule has 4 rings (SSSR count). The Balaban J connectivity index is 1.73. The van der Waals surface area contributed by atoms with Crippen molar-refractivity contribution in [1.29, 1.82) is 0 Å². The fourth-order valence-corrected chi connectivity index (χ4v) is 4.96. The Morgan fingerprint density at radius 1 is 1.37 bits per heavy atom. The first-order chi connectivity index (χ1) is 9.03. The van der Waals surface area contributed by atoms with Gasteiger partial charge in [-0.3, -0.25) is 4.79 Å². The van der Waals surface area contributed by atoms with Gasteiger partial charge in [0.15, 0.2) is 0 Å². The van der Waals surface area contributed by atoms with Gasteiger partial charge in [-0.2, -0.15) is 0 Å². The molecule has 0 radical (unpaired) electrons. The number of epoxide rings is 1. The lowest BCUT2D eigenvalue weighted by Crippen LogP contribution is -2.36. The summed E-state index contributed by atoms with van der Waals surface area (Å²) in [6, 6.07) is 0. The zero-order valence-corrected chi connectivity index (χ0v) is 11.5. The van der Waals surface area contributed by atoms with Crippen LogP contribution in [0.25, 0.3) is 0 Å². The van der Waals surface area contributed by atoms with Gasteiger partial charge in [0.25, 0.3) is 0 Å². The highest BCUT2D eigenvalue weighted by Gasteiger charge is 2.65. The Hall–Kier alpha value is -0.610. The lowest BCUT2D eigenvalue weighted by molar-refractivity contribution is -0.147. The molecule has 0 aromatic rings. The normalized spacial score (nSPS) is 59.5. The fourth-order valence-electron chi connectivity index (χ4n) is 4.96. The van der Waals surface area contributed by atoms with Gasteiger partial charge in [-0.25, -0.2) is 0 Å². The maximum atomic E-state index is 11.9. The SMILES string of the molecule is C[C@H]1[C@@H]2[C@@H]3OC(=O)[C@@H](C)C3CC[C@]3(CO3)[C@@H]2C[C@@H]1O. The van der Waals surface area contributed by atoms with E-state index in [1.54, 1.807) is 0 Å². The number of fused-ring (bicyclic) bond motifs is 4. The number of carbonyl (C=O) groups excluding carboxylic acids is 1. The third kappa shape index (κ3) is 1.50. The maximum Gasteiger partial charge on any atom is 0.309 e. The van der Waals surface area contributed by atoms with Crippen molar-refractivity contribution >= 4 is 5.97 Å². The zero-order chi connectivity index (χ0) is 13.4. The molecule has 2 aliphatic carbocycles. The standard InChI is InChI=1S/C15H22O4/c1-7-9-3-4-15(6-18-15)10-5-11(16)8(2)12(10)13(9)19-14(7)17/h7-13,16H,3-6H2,1-2H3/t7-,8+,9?,10+,11-,12-,13+,15-/m0/s1. The van der Waals surface area contributed by atoms with E-state index in [0.717, 1.165) is 25.9 Å². The summed E-state index contributed by atoms with van der Waals surface area (Å²) in [5.74, 6) is 1.12. The number of hydrogen-bond donors (Lipinski definition) is 1. The van der Waals surface area contributed by atoms with Gasteiger partial charge in [0.2, 0.25) is 0 Å². The number of rotatable bonds is 0. The number of carbonyl (C=O) groups is 1. The number of aliphatic hydroxyl groups excluding tert-OH is 1. The molecule has 4 aliphatic rings. The van der Waals surface area contributed by atoms with Gasteiger partial charge in [-0.15, -0.1) is 0 Å². The van der Waals surface area contributed by atoms with E-state index in [4.69, 9.17) is 9.47 Å². The van der Waals surface area contributed by atoms with Crippen LogP contribution in [0.3, 0.4) is 0 Å². The summed E-state index contributed by atoms with van der Waals surface area (Å²) in [7, 11) is 0. The van der Waals surface area contributed by atoms with Crippen molar-refractivity contribution in [3.05, 3.63) is 0 Å². The second-order valence-corrected chi connectivity index (χ2v) is 7.09. The molecule has 0 aromatic carbocycles. The zero-order valence-electron chi connectivity index (χ0n) is 11.5. The number of aliphatic hydroxyl groups is 1. The third-order valence-electron chi connectivity index (χ3n) is 6.33. The molecule has 0 amide bonds. The van der Waals surface area contributed by atoms with Crippen LogP contribution in [-0.2, 0) is 14.3 Å². The largest absolute Gasteiger partial charge is 0.462 e. The first kappa shape index (κ1) is 12.2. The van der Waals surface area contributed by atoms with Crippen LogP contribution in [0.4, 0.5) is 0 Å². The third-order valence-corrected chi connectivity index (χ3v) is 6.33. The van der Waals surface area contributed by atoms with Crippen molar-refractivity contribution in [2.24, 2.45) is 29.6 Å². The molecule has 2 saturated carbocycles. The van der Waals surface area contributed by atoms with Crippen molar-refractivity contribution in [3.8, 4) is 0 Å². The number of hydrogen-bond acceptors (Lipinski definition) is 4. The second-order valence-electron chi connectivity index (χ2n) is 7.09. The predicted molar refractivity (Wildman–Crippen MR) is 67.2 cm³/mol. The van der Waals surface area contributed by atoms with Crippen molar-refractivity contribution in [1.82, 2.24) is 0 Å². The van der Waals surface area contributed by atoms with Crippen LogP contribution in [0.1, 0.15) is 33.1 Å². The lowest BCUT2D eigenvalue weighted by Gasteiger charge is -2.30. The van der Waals surface area contributed by atoms with Gasteiger partial charge >= 0.3 is 5.97 Å². The van der Waals surface area contributed by atoms with Gasteiger partial charge in [0.05, 0.1) is 24.2 Å². The molecule has 4 fully saturated rings. The minimum Gasteiger partial charge on any atom is -0.462 e. The predicted octanol–water partition coefficient (Wildman–Crippen LogP) is 1.36. The summed E-state index contributed by atoms with van der Waals surface area (Å²) in [6.07, 6.45) is 2.58. The van der Waals surface area contributed by atoms with Crippen molar-refractivity contribution in [2.75, 3.05) is 6.61 Å². The summed E-state index contributed by atoms with van der Waals surface area (Å²) in [4.78, 5) is 11.9. The van der Waals surface area contributed by atoms with E-state index in [2.05, 4.69) is 6.92 Å². The Morgan fingerprint density at radius 3 is 2.79 bits per heavy atom. The van der Waals surface area contributed by atoms with E-state index < -0.39 is 0 Å². The first-order valence-electron chi connectivity index (χ1n) is 7.56. The van der Waals surface area contributed by atoms with Gasteiger partial charge < -0.3 is 14.6 Å². The minimum atomic E-state index is -0.274. The van der Waals surface area contributed by atoms with Gasteiger partial charge in [0, 0.05) is 11.8 Å². The minimum absolute atomic E-state index is 0.00299. The van der Waals surface area contributed by atoms with Crippen LogP contribution >= 0.6 is 0 Å². The molecule has 4 nitrogen and oxygen atoms in total. The van der Waals surface area contributed by atoms with E-state index in [9.17, 15) is 9.90 Å². The molecular formula is C15H22O4. The van der Waals surface area contributed by atoms with Crippen LogP contribution in [-0.4, -0.2) is 35.5 Å². The molecule has 4 heteroatoms. The highest BCUT2D eigenvalue weighted by Crippen LogP contribution is 2.59. The van der Waals surface area contributed by atoms with Crippen LogP contribution < -0.4 is 0 Å². The summed E-state index contributed by atoms with van der Waals surface area (Å²) < 4.78 is 11.5. The number of ether oxygens (including phenoxy) is 2. The van der Waals surface area contributed by atoms with E-state index >= 15 is 0 Å². The van der Waals surface area contributed by atoms with Crippen LogP contribution in [0.2, 0.25) is 0 Å². The summed E-state index contributed by atoms with van der Waals surface area (Å²) >= 11 is 0. The molecule has 0 bridgehead atoms. The van der Waals surface area contributed by atoms with Crippen molar-refractivity contribution in [3.63, 3.8) is 0 Å².